The third-order valence-corrected chi connectivity index (χ3v) is 6.44. The van der Waals surface area contributed by atoms with Crippen molar-refractivity contribution in [3.8, 4) is 22.8 Å². The van der Waals surface area contributed by atoms with E-state index in [0.29, 0.717) is 16.6 Å². The van der Waals surface area contributed by atoms with Crippen LogP contribution in [0.4, 0.5) is 11.5 Å². The normalized spacial score (nSPS) is 13.5. The number of nitrogens with one attached hydrogen (secondary N) is 1. The van der Waals surface area contributed by atoms with Crippen molar-refractivity contribution in [1.82, 2.24) is 19.9 Å². The second-order valence-corrected chi connectivity index (χ2v) is 8.50. The van der Waals surface area contributed by atoms with Gasteiger partial charge in [-0.2, -0.15) is 0 Å². The van der Waals surface area contributed by atoms with E-state index in [1.54, 1.807) is 26.7 Å². The predicted octanol–water partition coefficient (Wildman–Crippen LogP) is 4.23. The zero-order valence-electron chi connectivity index (χ0n) is 19.6. The molecule has 178 valence electrons. The maximum Gasteiger partial charge on any atom is 0.173 e. The summed E-state index contributed by atoms with van der Waals surface area (Å²) in [7, 11) is 3.25. The summed E-state index contributed by atoms with van der Waals surface area (Å²) in [6.07, 6.45) is 3.39. The average molecular weight is 487 g/mol. The molecule has 1 N–H and O–H groups in total. The molecule has 0 aliphatic carbocycles. The summed E-state index contributed by atoms with van der Waals surface area (Å²) in [5.41, 5.74) is 3.80. The Bertz CT molecular complexity index is 1330. The molecule has 0 amide bonds. The lowest BCUT2D eigenvalue weighted by molar-refractivity contribution is 0.355. The average Bonchev–Trinajstić information content (AvgIpc) is 2.93. The minimum Gasteiger partial charge on any atom is -0.493 e. The molecule has 2 aromatic heterocycles. The van der Waals surface area contributed by atoms with E-state index in [4.69, 9.17) is 21.7 Å². The fourth-order valence-corrected chi connectivity index (χ4v) is 4.50. The van der Waals surface area contributed by atoms with Crippen LogP contribution in [0.2, 0.25) is 0 Å². The number of fused-ring (bicyclic) bond motifs is 1. The summed E-state index contributed by atoms with van der Waals surface area (Å²) in [5, 5.41) is 5.02. The molecule has 1 aliphatic heterocycles. The van der Waals surface area contributed by atoms with Gasteiger partial charge in [-0.3, -0.25) is 4.98 Å². The summed E-state index contributed by atoms with van der Waals surface area (Å²) in [5.74, 6) is 2.20. The van der Waals surface area contributed by atoms with E-state index in [-0.39, 0.29) is 0 Å². The molecular formula is C26H26N6O2S. The van der Waals surface area contributed by atoms with Gasteiger partial charge in [-0.1, -0.05) is 18.2 Å². The van der Waals surface area contributed by atoms with Crippen LogP contribution in [0.15, 0.2) is 67.1 Å². The molecule has 1 saturated heterocycles. The van der Waals surface area contributed by atoms with Crippen molar-refractivity contribution < 1.29 is 9.47 Å². The molecule has 1 fully saturated rings. The Morgan fingerprint density at radius 1 is 0.886 bits per heavy atom. The molecule has 4 aromatic rings. The van der Waals surface area contributed by atoms with Crippen LogP contribution in [0.3, 0.4) is 0 Å². The van der Waals surface area contributed by atoms with Crippen LogP contribution in [0.5, 0.6) is 11.5 Å². The largest absolute Gasteiger partial charge is 0.493 e. The molecular weight excluding hydrogens is 460 g/mol. The van der Waals surface area contributed by atoms with Gasteiger partial charge in [0.1, 0.15) is 12.1 Å². The van der Waals surface area contributed by atoms with Crippen molar-refractivity contribution >= 4 is 39.7 Å². The standard InChI is InChI=1S/C26H26N6O2S/c1-33-23-15-20-22(16-24(23)34-2)28-17-29-25(20)31-11-13-32(14-12-31)26(35)30-19-8-6-18(7-9-19)21-5-3-4-10-27-21/h3-10,15-17H,11-14H2,1-2H3,(H,30,35). The van der Waals surface area contributed by atoms with Crippen molar-refractivity contribution in [3.05, 3.63) is 67.1 Å². The highest BCUT2D eigenvalue weighted by atomic mass is 32.1. The lowest BCUT2D eigenvalue weighted by atomic mass is 10.1. The predicted molar refractivity (Wildman–Crippen MR) is 142 cm³/mol. The summed E-state index contributed by atoms with van der Waals surface area (Å²) in [6.45, 7) is 3.16. The minimum atomic E-state index is 0.652. The van der Waals surface area contributed by atoms with E-state index in [9.17, 15) is 0 Å². The number of aromatic nitrogens is 3. The number of ether oxygens (including phenoxy) is 2. The highest BCUT2D eigenvalue weighted by Crippen LogP contribution is 2.35. The van der Waals surface area contributed by atoms with E-state index in [2.05, 4.69) is 42.2 Å². The van der Waals surface area contributed by atoms with Gasteiger partial charge in [0.25, 0.3) is 0 Å². The minimum absolute atomic E-state index is 0.652. The first-order valence-corrected chi connectivity index (χ1v) is 11.8. The topological polar surface area (TPSA) is 75.6 Å². The van der Waals surface area contributed by atoms with Crippen LogP contribution >= 0.6 is 12.2 Å². The quantitative estimate of drug-likeness (QED) is 0.417. The Hall–Kier alpha value is -3.98. The molecule has 0 saturated carbocycles. The van der Waals surface area contributed by atoms with E-state index >= 15 is 0 Å². The first kappa shape index (κ1) is 22.8. The number of methoxy groups -OCH3 is 2. The van der Waals surface area contributed by atoms with Gasteiger partial charge >= 0.3 is 0 Å². The fourth-order valence-electron chi connectivity index (χ4n) is 4.20. The number of rotatable bonds is 5. The Morgan fingerprint density at radius 3 is 2.31 bits per heavy atom. The molecule has 0 atom stereocenters. The van der Waals surface area contributed by atoms with Gasteiger partial charge < -0.3 is 24.6 Å². The van der Waals surface area contributed by atoms with Crippen molar-refractivity contribution in [2.24, 2.45) is 0 Å². The van der Waals surface area contributed by atoms with E-state index in [1.807, 2.05) is 42.5 Å². The zero-order valence-corrected chi connectivity index (χ0v) is 20.5. The van der Waals surface area contributed by atoms with Gasteiger partial charge in [0.15, 0.2) is 16.6 Å². The summed E-state index contributed by atoms with van der Waals surface area (Å²) in [4.78, 5) is 17.8. The first-order chi connectivity index (χ1) is 17.2. The van der Waals surface area contributed by atoms with Crippen LogP contribution in [-0.2, 0) is 0 Å². The Balaban J connectivity index is 1.24. The lowest BCUT2D eigenvalue weighted by Crippen LogP contribution is -2.50. The molecule has 0 bridgehead atoms. The SMILES string of the molecule is COc1cc2ncnc(N3CCN(C(=S)Nc4ccc(-c5ccccn5)cc4)CC3)c2cc1OC. The maximum absolute atomic E-state index is 5.70. The Kier molecular flexibility index (Phi) is 6.58. The zero-order chi connectivity index (χ0) is 24.2. The van der Waals surface area contributed by atoms with Crippen LogP contribution in [0.1, 0.15) is 0 Å². The smallest absolute Gasteiger partial charge is 0.173 e. The van der Waals surface area contributed by atoms with Gasteiger partial charge in [-0.25, -0.2) is 9.97 Å². The third-order valence-electron chi connectivity index (χ3n) is 6.08. The molecule has 0 radical (unpaired) electrons. The van der Waals surface area contributed by atoms with E-state index in [1.165, 1.54) is 0 Å². The van der Waals surface area contributed by atoms with E-state index in [0.717, 1.165) is 59.8 Å². The molecule has 8 nitrogen and oxygen atoms in total. The second-order valence-electron chi connectivity index (χ2n) is 8.12. The van der Waals surface area contributed by atoms with Crippen LogP contribution in [0.25, 0.3) is 22.2 Å². The van der Waals surface area contributed by atoms with Crippen LogP contribution in [0, 0.1) is 0 Å². The molecule has 35 heavy (non-hydrogen) atoms. The number of anilines is 2. The number of nitrogens with zero attached hydrogens (tertiary/aromatic N) is 5. The number of hydrogen-bond donors (Lipinski definition) is 1. The molecule has 2 aromatic carbocycles. The number of piperazine rings is 1. The number of thiocarbonyl (C=S) groups is 1. The fraction of sp³-hybridized carbons (Fsp3) is 0.231. The molecule has 0 unspecified atom stereocenters. The first-order valence-electron chi connectivity index (χ1n) is 11.4. The van der Waals surface area contributed by atoms with Gasteiger partial charge in [-0.05, 0) is 42.5 Å². The van der Waals surface area contributed by atoms with Crippen molar-refractivity contribution in [2.75, 3.05) is 50.6 Å². The lowest BCUT2D eigenvalue weighted by Gasteiger charge is -2.37. The van der Waals surface area contributed by atoms with Gasteiger partial charge in [-0.15, -0.1) is 0 Å². The molecule has 5 rings (SSSR count). The highest BCUT2D eigenvalue weighted by Gasteiger charge is 2.22. The maximum atomic E-state index is 5.70. The van der Waals surface area contributed by atoms with E-state index < -0.39 is 0 Å². The Labute approximate surface area is 209 Å². The molecule has 3 heterocycles. The van der Waals surface area contributed by atoms with Crippen LogP contribution < -0.4 is 19.7 Å². The van der Waals surface area contributed by atoms with Crippen molar-refractivity contribution in [1.29, 1.82) is 0 Å². The van der Waals surface area contributed by atoms with Gasteiger partial charge in [0, 0.05) is 55.1 Å². The Morgan fingerprint density at radius 2 is 1.63 bits per heavy atom. The van der Waals surface area contributed by atoms with Gasteiger partial charge in [0.2, 0.25) is 0 Å². The van der Waals surface area contributed by atoms with Gasteiger partial charge in [0.05, 0.1) is 25.4 Å². The summed E-state index contributed by atoms with van der Waals surface area (Å²) in [6, 6.07) is 17.9. The van der Waals surface area contributed by atoms with Crippen molar-refractivity contribution in [3.63, 3.8) is 0 Å². The monoisotopic (exact) mass is 486 g/mol. The molecule has 9 heteroatoms. The van der Waals surface area contributed by atoms with Crippen molar-refractivity contribution in [2.45, 2.75) is 0 Å². The van der Waals surface area contributed by atoms with Crippen LogP contribution in [-0.4, -0.2) is 65.4 Å². The number of benzene rings is 2. The third kappa shape index (κ3) is 4.81. The summed E-state index contributed by atoms with van der Waals surface area (Å²) >= 11 is 5.70. The second kappa shape index (κ2) is 10.1. The molecule has 0 spiro atoms. The number of pyridine rings is 1. The summed E-state index contributed by atoms with van der Waals surface area (Å²) < 4.78 is 10.9. The molecule has 1 aliphatic rings. The number of hydrogen-bond acceptors (Lipinski definition) is 7. The highest BCUT2D eigenvalue weighted by molar-refractivity contribution is 7.80.